The summed E-state index contributed by atoms with van der Waals surface area (Å²) in [4.78, 5) is 51.4. The molecule has 17 heteroatoms. The molecule has 0 aromatic heterocycles. The van der Waals surface area contributed by atoms with E-state index >= 15 is 0 Å². The number of aliphatic hydroxyl groups is 6. The Morgan fingerprint density at radius 2 is 1.32 bits per heavy atom. The molecule has 0 spiro atoms. The minimum atomic E-state index is -2.10. The van der Waals surface area contributed by atoms with Crippen molar-refractivity contribution in [3.05, 3.63) is 11.6 Å². The minimum Gasteiger partial charge on any atom is -0.481 e. The molecule has 0 aromatic carbocycles. The fourth-order valence-corrected chi connectivity index (χ4v) is 13.4. The van der Waals surface area contributed by atoms with Gasteiger partial charge in [0.2, 0.25) is 0 Å². The summed E-state index contributed by atoms with van der Waals surface area (Å²) in [7, 11) is 0. The second-order valence-electron chi connectivity index (χ2n) is 20.5. The van der Waals surface area contributed by atoms with Crippen LogP contribution in [0.5, 0.6) is 0 Å². The Morgan fingerprint density at radius 1 is 0.729 bits per heavy atom. The number of carbonyl (C=O) groups excluding carboxylic acids is 1. The normalized spacial score (nSPS) is 53.5. The molecular weight excluding hydrogens is 776 g/mol. The predicted octanol–water partition coefficient (Wildman–Crippen LogP) is 1.22. The van der Waals surface area contributed by atoms with Gasteiger partial charge in [0.05, 0.1) is 18.1 Å². The molecule has 0 radical (unpaired) electrons. The highest BCUT2D eigenvalue weighted by molar-refractivity contribution is 5.95. The summed E-state index contributed by atoms with van der Waals surface area (Å²) in [5.41, 5.74) is -2.63. The van der Waals surface area contributed by atoms with E-state index in [4.69, 9.17) is 18.9 Å². The monoisotopic (exact) mass is 838 g/mol. The molecule has 9 N–H and O–H groups in total. The van der Waals surface area contributed by atoms with Crippen molar-refractivity contribution >= 4 is 23.7 Å². The predicted molar refractivity (Wildman–Crippen MR) is 201 cm³/mol. The van der Waals surface area contributed by atoms with Gasteiger partial charge in [0.25, 0.3) is 0 Å². The molecule has 2 heterocycles. The maximum Gasteiger partial charge on any atom is 0.335 e. The smallest absolute Gasteiger partial charge is 0.335 e. The van der Waals surface area contributed by atoms with Crippen molar-refractivity contribution < 1.29 is 84.1 Å². The van der Waals surface area contributed by atoms with Gasteiger partial charge in [0, 0.05) is 11.3 Å². The largest absolute Gasteiger partial charge is 0.481 e. The lowest BCUT2D eigenvalue weighted by atomic mass is 9.33. The van der Waals surface area contributed by atoms with Crippen LogP contribution in [0.3, 0.4) is 0 Å². The van der Waals surface area contributed by atoms with E-state index in [9.17, 15) is 65.1 Å². The molecule has 0 aromatic rings. The van der Waals surface area contributed by atoms with E-state index in [1.807, 2.05) is 19.9 Å². The molecule has 332 valence electrons. The summed E-state index contributed by atoms with van der Waals surface area (Å²) < 4.78 is 23.2. The van der Waals surface area contributed by atoms with Crippen LogP contribution in [0.1, 0.15) is 99.3 Å². The van der Waals surface area contributed by atoms with Gasteiger partial charge >= 0.3 is 17.9 Å². The molecule has 20 atom stereocenters. The number of ketones is 1. The van der Waals surface area contributed by atoms with E-state index in [0.717, 1.165) is 24.8 Å². The number of carbonyl (C=O) groups is 4. The average molecular weight is 839 g/mol. The van der Waals surface area contributed by atoms with Gasteiger partial charge in [0.1, 0.15) is 36.6 Å². The van der Waals surface area contributed by atoms with E-state index in [1.54, 1.807) is 0 Å². The zero-order valence-electron chi connectivity index (χ0n) is 34.5. The first-order chi connectivity index (χ1) is 27.3. The first kappa shape index (κ1) is 44.5. The zero-order valence-corrected chi connectivity index (χ0v) is 34.5. The van der Waals surface area contributed by atoms with Crippen LogP contribution >= 0.6 is 0 Å². The van der Waals surface area contributed by atoms with Crippen LogP contribution in [0.4, 0.5) is 0 Å². The van der Waals surface area contributed by atoms with E-state index in [-0.39, 0.29) is 29.5 Å². The van der Waals surface area contributed by atoms with E-state index in [1.165, 1.54) is 0 Å². The molecule has 0 amide bonds. The van der Waals surface area contributed by atoms with E-state index in [2.05, 4.69) is 27.7 Å². The molecule has 4 unspecified atom stereocenters. The number of rotatable bonds is 8. The van der Waals surface area contributed by atoms with Crippen molar-refractivity contribution in [1.82, 2.24) is 0 Å². The van der Waals surface area contributed by atoms with Crippen molar-refractivity contribution in [2.24, 2.45) is 50.2 Å². The summed E-state index contributed by atoms with van der Waals surface area (Å²) in [6, 6.07) is 0. The highest BCUT2D eigenvalue weighted by Gasteiger charge is 2.71. The van der Waals surface area contributed by atoms with Crippen molar-refractivity contribution in [2.75, 3.05) is 6.61 Å². The van der Waals surface area contributed by atoms with Crippen LogP contribution in [0.15, 0.2) is 11.6 Å². The van der Waals surface area contributed by atoms with Crippen molar-refractivity contribution in [3.8, 4) is 0 Å². The third-order valence-electron chi connectivity index (χ3n) is 17.4. The van der Waals surface area contributed by atoms with Crippen LogP contribution < -0.4 is 0 Å². The van der Waals surface area contributed by atoms with Crippen molar-refractivity contribution in [3.63, 3.8) is 0 Å². The summed E-state index contributed by atoms with van der Waals surface area (Å²) in [5, 5.41) is 94.3. The summed E-state index contributed by atoms with van der Waals surface area (Å²) in [6.07, 6.45) is -13.8. The molecule has 4 saturated carbocycles. The molecule has 59 heavy (non-hydrogen) atoms. The highest BCUT2D eigenvalue weighted by atomic mass is 16.8. The van der Waals surface area contributed by atoms with Gasteiger partial charge in [-0.15, -0.1) is 0 Å². The van der Waals surface area contributed by atoms with E-state index < -0.39 is 125 Å². The number of hydrogen-bond acceptors (Lipinski definition) is 14. The molecule has 5 aliphatic carbocycles. The van der Waals surface area contributed by atoms with Crippen LogP contribution in [-0.2, 0) is 38.1 Å². The summed E-state index contributed by atoms with van der Waals surface area (Å²) in [6.45, 7) is 12.0. The van der Waals surface area contributed by atoms with Gasteiger partial charge in [-0.25, -0.2) is 9.59 Å². The molecule has 6 fully saturated rings. The molecule has 2 aliphatic heterocycles. The fraction of sp³-hybridized carbons (Fsp3) is 0.857. The summed E-state index contributed by atoms with van der Waals surface area (Å²) in [5.74, 6) is -5.02. The number of ether oxygens (including phenoxy) is 4. The third-order valence-corrected chi connectivity index (χ3v) is 17.4. The quantitative estimate of drug-likeness (QED) is 0.155. The second kappa shape index (κ2) is 14.8. The standard InChI is InChI=1S/C42H62O17/c1-37-11-12-38(2,36(54)55)16-19(37)18-15-20(44)31-39(3)9-8-22(40(4,17-43)21(39)7-10-42(31,6)41(18,5)14-13-37)56-35-30(26(48)25(47)29(58-35)33(52)53)59-34-27(49)23(45)24(46)28(57-34)32(50)51/h15,19,21-31,34-35,43,45-49H,7-14,16-17H2,1-6H3,(H,50,51)(H,52,53)(H,54,55)/t19-,21?,22-,23-,24-,25-,26-,27+,28-,29-,30+,31?,34-,35+,37+,38?,39-,40?,41+,42+/m0/s1. The number of aliphatic carboxylic acids is 3. The van der Waals surface area contributed by atoms with Gasteiger partial charge < -0.3 is 64.9 Å². The van der Waals surface area contributed by atoms with Crippen LogP contribution in [0.2, 0.25) is 0 Å². The summed E-state index contributed by atoms with van der Waals surface area (Å²) >= 11 is 0. The van der Waals surface area contributed by atoms with E-state index in [0.29, 0.717) is 32.1 Å². The lowest BCUT2D eigenvalue weighted by Gasteiger charge is -2.70. The molecule has 7 rings (SSSR count). The molecule has 7 aliphatic rings. The highest BCUT2D eigenvalue weighted by Crippen LogP contribution is 2.75. The lowest BCUT2D eigenvalue weighted by Crippen LogP contribution is -2.69. The van der Waals surface area contributed by atoms with Gasteiger partial charge in [-0.05, 0) is 104 Å². The maximum atomic E-state index is 14.9. The van der Waals surface area contributed by atoms with Gasteiger partial charge in [-0.1, -0.05) is 40.2 Å². The Morgan fingerprint density at radius 3 is 1.92 bits per heavy atom. The maximum absolute atomic E-state index is 14.9. The zero-order chi connectivity index (χ0) is 43.6. The Labute approximate surface area is 342 Å². The fourth-order valence-electron chi connectivity index (χ4n) is 13.4. The lowest BCUT2D eigenvalue weighted by molar-refractivity contribution is -0.372. The Hall–Kier alpha value is -2.58. The number of carboxylic acids is 3. The molecule has 2 saturated heterocycles. The number of carboxylic acid groups (broad SMARTS) is 3. The number of allylic oxidation sites excluding steroid dienone is 2. The first-order valence-electron chi connectivity index (χ1n) is 20.9. The van der Waals surface area contributed by atoms with Gasteiger partial charge in [-0.3, -0.25) is 9.59 Å². The van der Waals surface area contributed by atoms with Crippen LogP contribution in [0.25, 0.3) is 0 Å². The SMILES string of the molecule is CC1(C(=O)O)CC[C@]2(C)CC[C@]3(C)C(=CC(=O)C4[C@@]5(C)CC[C@H](O[C@@H]6O[C@H](C(=O)O)[C@@H](O)[C@H](O)[C@H]6O[C@@H]6O[C@H](C(=O)O)[C@@H](O)[C@H](O)[C@H]6O)C(C)(CO)C5CC[C@]43C)[C@@H]2C1. The third kappa shape index (κ3) is 6.46. The number of hydrogen-bond donors (Lipinski definition) is 9. The Kier molecular flexibility index (Phi) is 11.1. The van der Waals surface area contributed by atoms with Crippen molar-refractivity contribution in [1.29, 1.82) is 0 Å². The minimum absolute atomic E-state index is 0.0119. The Bertz CT molecular complexity index is 1750. The molecular formula is C42H62O17. The van der Waals surface area contributed by atoms with Crippen LogP contribution in [0, 0.1) is 50.2 Å². The first-order valence-corrected chi connectivity index (χ1v) is 20.9. The topological polar surface area (TPSA) is 287 Å². The second-order valence-corrected chi connectivity index (χ2v) is 20.5. The molecule has 0 bridgehead atoms. The van der Waals surface area contributed by atoms with Gasteiger partial charge in [-0.2, -0.15) is 0 Å². The average Bonchev–Trinajstić information content (AvgIpc) is 3.16. The number of aliphatic hydroxyl groups excluding tert-OH is 6. The number of fused-ring (bicyclic) bond motifs is 7. The van der Waals surface area contributed by atoms with Crippen molar-refractivity contribution in [2.45, 2.75) is 167 Å². The Balaban J connectivity index is 1.19. The van der Waals surface area contributed by atoms with Gasteiger partial charge in [0.15, 0.2) is 30.6 Å². The molecule has 17 nitrogen and oxygen atoms in total. The van der Waals surface area contributed by atoms with Crippen LogP contribution in [-0.4, -0.2) is 144 Å².